The maximum atomic E-state index is 11.4. The largest absolute Gasteiger partial charge is 0.377 e. The van der Waals surface area contributed by atoms with E-state index in [4.69, 9.17) is 4.74 Å². The summed E-state index contributed by atoms with van der Waals surface area (Å²) < 4.78 is 5.56. The molecule has 88 valence electrons. The SMILES string of the molecule is O=C1NC(=O)[C@@H]2CN(CCOC3CC3)C[C@H]12. The molecular weight excluding hydrogens is 208 g/mol. The molecule has 5 heteroatoms. The minimum Gasteiger partial charge on any atom is -0.377 e. The van der Waals surface area contributed by atoms with Crippen molar-refractivity contribution in [2.75, 3.05) is 26.2 Å². The van der Waals surface area contributed by atoms with Crippen molar-refractivity contribution in [2.45, 2.75) is 18.9 Å². The Morgan fingerprint density at radius 3 is 2.38 bits per heavy atom. The zero-order valence-electron chi connectivity index (χ0n) is 9.15. The topological polar surface area (TPSA) is 58.6 Å². The van der Waals surface area contributed by atoms with Gasteiger partial charge in [-0.1, -0.05) is 0 Å². The summed E-state index contributed by atoms with van der Waals surface area (Å²) >= 11 is 0. The molecule has 16 heavy (non-hydrogen) atoms. The van der Waals surface area contributed by atoms with Gasteiger partial charge in [-0.25, -0.2) is 0 Å². The Balaban J connectivity index is 1.48. The first-order chi connectivity index (χ1) is 7.74. The van der Waals surface area contributed by atoms with Crippen LogP contribution in [-0.2, 0) is 14.3 Å². The quantitative estimate of drug-likeness (QED) is 0.646. The van der Waals surface area contributed by atoms with Crippen LogP contribution in [0.3, 0.4) is 0 Å². The third-order valence-electron chi connectivity index (χ3n) is 3.60. The summed E-state index contributed by atoms with van der Waals surface area (Å²) in [6.45, 7) is 2.97. The molecule has 1 saturated carbocycles. The molecule has 2 aliphatic heterocycles. The monoisotopic (exact) mass is 224 g/mol. The number of imide groups is 1. The van der Waals surface area contributed by atoms with Gasteiger partial charge in [0.05, 0.1) is 24.5 Å². The lowest BCUT2D eigenvalue weighted by Crippen LogP contribution is -2.33. The molecule has 0 spiro atoms. The minimum absolute atomic E-state index is 0.0967. The third kappa shape index (κ3) is 1.85. The number of likely N-dealkylation sites (tertiary alicyclic amines) is 1. The van der Waals surface area contributed by atoms with E-state index in [9.17, 15) is 9.59 Å². The fourth-order valence-corrected chi connectivity index (χ4v) is 2.49. The fraction of sp³-hybridized carbons (Fsp3) is 0.818. The Hall–Kier alpha value is -0.940. The Bertz CT molecular complexity index is 305. The number of amides is 2. The number of hydrogen-bond donors (Lipinski definition) is 1. The minimum atomic E-state index is -0.117. The van der Waals surface area contributed by atoms with Crippen LogP contribution in [0.25, 0.3) is 0 Å². The Labute approximate surface area is 94.1 Å². The van der Waals surface area contributed by atoms with E-state index >= 15 is 0 Å². The van der Waals surface area contributed by atoms with E-state index in [0.717, 1.165) is 13.2 Å². The molecule has 0 aromatic carbocycles. The van der Waals surface area contributed by atoms with Crippen molar-refractivity contribution < 1.29 is 14.3 Å². The van der Waals surface area contributed by atoms with Gasteiger partial charge >= 0.3 is 0 Å². The molecule has 3 aliphatic rings. The first-order valence-electron chi connectivity index (χ1n) is 5.92. The number of rotatable bonds is 4. The van der Waals surface area contributed by atoms with Crippen molar-refractivity contribution >= 4 is 11.8 Å². The highest BCUT2D eigenvalue weighted by Crippen LogP contribution is 2.28. The second-order valence-electron chi connectivity index (χ2n) is 4.90. The molecule has 0 radical (unpaired) electrons. The highest BCUT2D eigenvalue weighted by atomic mass is 16.5. The van der Waals surface area contributed by atoms with Gasteiger partial charge in [-0.3, -0.25) is 19.8 Å². The number of carbonyl (C=O) groups is 2. The Kier molecular flexibility index (Phi) is 2.44. The van der Waals surface area contributed by atoms with Crippen LogP contribution in [0.2, 0.25) is 0 Å². The van der Waals surface area contributed by atoms with E-state index in [1.54, 1.807) is 0 Å². The molecule has 0 unspecified atom stereocenters. The fourth-order valence-electron chi connectivity index (χ4n) is 2.49. The maximum absolute atomic E-state index is 11.4. The summed E-state index contributed by atoms with van der Waals surface area (Å²) in [6, 6.07) is 0. The van der Waals surface area contributed by atoms with E-state index in [1.807, 2.05) is 0 Å². The predicted octanol–water partition coefficient (Wildman–Crippen LogP) is -0.630. The second-order valence-corrected chi connectivity index (χ2v) is 4.90. The summed E-state index contributed by atoms with van der Waals surface area (Å²) in [5.74, 6) is -0.428. The normalized spacial score (nSPS) is 34.2. The molecule has 2 saturated heterocycles. The maximum Gasteiger partial charge on any atom is 0.231 e. The predicted molar refractivity (Wildman–Crippen MR) is 55.5 cm³/mol. The summed E-state index contributed by atoms with van der Waals surface area (Å²) in [7, 11) is 0. The highest BCUT2D eigenvalue weighted by Gasteiger charge is 2.47. The second kappa shape index (κ2) is 3.82. The number of ether oxygens (including phenoxy) is 1. The molecule has 5 nitrogen and oxygen atoms in total. The van der Waals surface area contributed by atoms with Crippen LogP contribution in [-0.4, -0.2) is 49.1 Å². The summed E-state index contributed by atoms with van der Waals surface area (Å²) in [5.41, 5.74) is 0. The highest BCUT2D eigenvalue weighted by molar-refractivity contribution is 6.05. The molecule has 3 fully saturated rings. The molecule has 1 aliphatic carbocycles. The average molecular weight is 224 g/mol. The lowest BCUT2D eigenvalue weighted by Gasteiger charge is -2.16. The van der Waals surface area contributed by atoms with Gasteiger partial charge < -0.3 is 4.74 Å². The van der Waals surface area contributed by atoms with Crippen molar-refractivity contribution in [1.82, 2.24) is 10.2 Å². The van der Waals surface area contributed by atoms with E-state index < -0.39 is 0 Å². The van der Waals surface area contributed by atoms with Crippen LogP contribution >= 0.6 is 0 Å². The zero-order chi connectivity index (χ0) is 11.1. The molecule has 2 atom stereocenters. The van der Waals surface area contributed by atoms with Crippen molar-refractivity contribution in [1.29, 1.82) is 0 Å². The van der Waals surface area contributed by atoms with Crippen LogP contribution in [0.15, 0.2) is 0 Å². The van der Waals surface area contributed by atoms with Gasteiger partial charge in [-0.05, 0) is 12.8 Å². The van der Waals surface area contributed by atoms with Crippen LogP contribution in [0.5, 0.6) is 0 Å². The van der Waals surface area contributed by atoms with Crippen molar-refractivity contribution in [3.8, 4) is 0 Å². The van der Waals surface area contributed by atoms with Crippen molar-refractivity contribution in [2.24, 2.45) is 11.8 Å². The molecule has 3 rings (SSSR count). The third-order valence-corrected chi connectivity index (χ3v) is 3.60. The standard InChI is InChI=1S/C11H16N2O3/c14-10-8-5-13(3-4-16-7-1-2-7)6-9(8)11(15)12-10/h7-9H,1-6H2,(H,12,14,15)/t8-,9+. The first kappa shape index (κ1) is 10.2. The van der Waals surface area contributed by atoms with Gasteiger partial charge in [0, 0.05) is 19.6 Å². The number of nitrogens with one attached hydrogen (secondary N) is 1. The van der Waals surface area contributed by atoms with Gasteiger partial charge in [0.25, 0.3) is 0 Å². The van der Waals surface area contributed by atoms with Crippen LogP contribution in [0.1, 0.15) is 12.8 Å². The number of nitrogens with zero attached hydrogens (tertiary/aromatic N) is 1. The molecule has 0 aromatic rings. The number of hydrogen-bond acceptors (Lipinski definition) is 4. The molecule has 0 aromatic heterocycles. The molecular formula is C11H16N2O3. The Morgan fingerprint density at radius 1 is 1.19 bits per heavy atom. The lowest BCUT2D eigenvalue weighted by molar-refractivity contribution is -0.126. The molecule has 2 heterocycles. The van der Waals surface area contributed by atoms with Crippen molar-refractivity contribution in [3.63, 3.8) is 0 Å². The van der Waals surface area contributed by atoms with Gasteiger partial charge in [-0.15, -0.1) is 0 Å². The van der Waals surface area contributed by atoms with E-state index in [0.29, 0.717) is 19.2 Å². The Morgan fingerprint density at radius 2 is 1.81 bits per heavy atom. The van der Waals surface area contributed by atoms with Crippen LogP contribution < -0.4 is 5.32 Å². The molecule has 0 bridgehead atoms. The van der Waals surface area contributed by atoms with E-state index in [-0.39, 0.29) is 23.7 Å². The number of carbonyl (C=O) groups excluding carboxylic acids is 2. The van der Waals surface area contributed by atoms with Crippen LogP contribution in [0.4, 0.5) is 0 Å². The lowest BCUT2D eigenvalue weighted by atomic mass is 10.00. The number of fused-ring (bicyclic) bond motifs is 1. The summed E-state index contributed by atoms with van der Waals surface area (Å²) in [6.07, 6.45) is 2.85. The van der Waals surface area contributed by atoms with Gasteiger partial charge in [0.1, 0.15) is 0 Å². The van der Waals surface area contributed by atoms with E-state index in [1.165, 1.54) is 12.8 Å². The van der Waals surface area contributed by atoms with Gasteiger partial charge in [-0.2, -0.15) is 0 Å². The van der Waals surface area contributed by atoms with Gasteiger partial charge in [0.15, 0.2) is 0 Å². The smallest absolute Gasteiger partial charge is 0.231 e. The van der Waals surface area contributed by atoms with Crippen molar-refractivity contribution in [3.05, 3.63) is 0 Å². The average Bonchev–Trinajstić information content (AvgIpc) is 2.89. The van der Waals surface area contributed by atoms with Gasteiger partial charge in [0.2, 0.25) is 11.8 Å². The zero-order valence-corrected chi connectivity index (χ0v) is 9.15. The van der Waals surface area contributed by atoms with Crippen LogP contribution in [0, 0.1) is 11.8 Å². The van der Waals surface area contributed by atoms with E-state index in [2.05, 4.69) is 10.2 Å². The molecule has 1 N–H and O–H groups in total. The molecule has 2 amide bonds. The summed E-state index contributed by atoms with van der Waals surface area (Å²) in [5, 5.41) is 2.39. The first-order valence-corrected chi connectivity index (χ1v) is 5.92. The summed E-state index contributed by atoms with van der Waals surface area (Å²) in [4.78, 5) is 25.0.